The van der Waals surface area contributed by atoms with Crippen LogP contribution in [0.5, 0.6) is 0 Å². The number of para-hydroxylation sites is 1. The molecule has 1 fully saturated rings. The third-order valence-electron chi connectivity index (χ3n) is 4.75. The number of furan rings is 1. The Bertz CT molecular complexity index is 632. The second-order valence-electron chi connectivity index (χ2n) is 6.65. The maximum absolute atomic E-state index is 6.05. The molecule has 1 aliphatic heterocycles. The van der Waals surface area contributed by atoms with Gasteiger partial charge in [-0.2, -0.15) is 0 Å². The van der Waals surface area contributed by atoms with E-state index in [1.165, 1.54) is 0 Å². The summed E-state index contributed by atoms with van der Waals surface area (Å²) in [7, 11) is 2.20. The standard InChI is InChI=1S/C17H25N3O/c1-17(2)12-20(9-8-19(17)3)11-16-14(10-18)13-6-4-5-7-15(13)21-16/h4-7H,8-12,18H2,1-3H3. The molecule has 114 valence electrons. The third-order valence-corrected chi connectivity index (χ3v) is 4.75. The fourth-order valence-electron chi connectivity index (χ4n) is 3.18. The van der Waals surface area contributed by atoms with E-state index in [2.05, 4.69) is 36.8 Å². The van der Waals surface area contributed by atoms with Gasteiger partial charge in [0.15, 0.2) is 0 Å². The highest BCUT2D eigenvalue weighted by atomic mass is 16.3. The first-order valence-corrected chi connectivity index (χ1v) is 7.64. The van der Waals surface area contributed by atoms with E-state index in [1.807, 2.05) is 18.2 Å². The number of benzene rings is 1. The summed E-state index contributed by atoms with van der Waals surface area (Å²) in [5.74, 6) is 1.03. The fourth-order valence-corrected chi connectivity index (χ4v) is 3.18. The molecule has 3 rings (SSSR count). The summed E-state index contributed by atoms with van der Waals surface area (Å²) in [6.45, 7) is 9.17. The third kappa shape index (κ3) is 2.71. The molecule has 2 N–H and O–H groups in total. The minimum atomic E-state index is 0.202. The Morgan fingerprint density at radius 1 is 1.24 bits per heavy atom. The van der Waals surface area contributed by atoms with E-state index in [9.17, 15) is 0 Å². The van der Waals surface area contributed by atoms with Crippen molar-refractivity contribution in [2.45, 2.75) is 32.5 Å². The van der Waals surface area contributed by atoms with Crippen molar-refractivity contribution in [2.24, 2.45) is 5.73 Å². The lowest BCUT2D eigenvalue weighted by Crippen LogP contribution is -2.57. The zero-order chi connectivity index (χ0) is 15.0. The molecular formula is C17H25N3O. The summed E-state index contributed by atoms with van der Waals surface area (Å²) in [5, 5.41) is 1.16. The Labute approximate surface area is 126 Å². The minimum absolute atomic E-state index is 0.202. The van der Waals surface area contributed by atoms with Crippen LogP contribution in [0, 0.1) is 0 Å². The van der Waals surface area contributed by atoms with Gasteiger partial charge in [0.2, 0.25) is 0 Å². The normalized spacial score (nSPS) is 20.2. The quantitative estimate of drug-likeness (QED) is 0.941. The molecule has 1 aliphatic rings. The van der Waals surface area contributed by atoms with Crippen molar-refractivity contribution in [3.05, 3.63) is 35.6 Å². The molecule has 2 heterocycles. The largest absolute Gasteiger partial charge is 0.459 e. The molecule has 0 amide bonds. The van der Waals surface area contributed by atoms with E-state index in [-0.39, 0.29) is 5.54 Å². The molecule has 0 unspecified atom stereocenters. The van der Waals surface area contributed by atoms with E-state index in [0.29, 0.717) is 6.54 Å². The van der Waals surface area contributed by atoms with Crippen molar-refractivity contribution in [1.82, 2.24) is 9.80 Å². The van der Waals surface area contributed by atoms with E-state index in [0.717, 1.165) is 48.5 Å². The molecular weight excluding hydrogens is 262 g/mol. The maximum Gasteiger partial charge on any atom is 0.134 e. The predicted octanol–water partition coefficient (Wildman–Crippen LogP) is 2.42. The summed E-state index contributed by atoms with van der Waals surface area (Å²) >= 11 is 0. The molecule has 1 saturated heterocycles. The minimum Gasteiger partial charge on any atom is -0.459 e. The van der Waals surface area contributed by atoms with Gasteiger partial charge < -0.3 is 10.2 Å². The number of piperazine rings is 1. The highest BCUT2D eigenvalue weighted by molar-refractivity contribution is 5.82. The van der Waals surface area contributed by atoms with Gasteiger partial charge in [0.05, 0.1) is 6.54 Å². The van der Waals surface area contributed by atoms with Crippen LogP contribution in [0.4, 0.5) is 0 Å². The molecule has 2 aromatic rings. The Balaban J connectivity index is 1.85. The summed E-state index contributed by atoms with van der Waals surface area (Å²) in [6, 6.07) is 8.17. The van der Waals surface area contributed by atoms with Crippen LogP contribution in [0.15, 0.2) is 28.7 Å². The number of hydrogen-bond acceptors (Lipinski definition) is 4. The Hall–Kier alpha value is -1.36. The van der Waals surface area contributed by atoms with Gasteiger partial charge in [-0.1, -0.05) is 18.2 Å². The topological polar surface area (TPSA) is 45.6 Å². The number of hydrogen-bond donors (Lipinski definition) is 1. The summed E-state index contributed by atoms with van der Waals surface area (Å²) in [5.41, 5.74) is 8.26. The predicted molar refractivity (Wildman–Crippen MR) is 86.1 cm³/mol. The number of fused-ring (bicyclic) bond motifs is 1. The summed E-state index contributed by atoms with van der Waals surface area (Å²) < 4.78 is 6.05. The summed E-state index contributed by atoms with van der Waals surface area (Å²) in [6.07, 6.45) is 0. The molecule has 4 nitrogen and oxygen atoms in total. The van der Waals surface area contributed by atoms with Crippen molar-refractivity contribution < 1.29 is 4.42 Å². The van der Waals surface area contributed by atoms with Crippen LogP contribution in [0.3, 0.4) is 0 Å². The lowest BCUT2D eigenvalue weighted by Gasteiger charge is -2.45. The molecule has 0 radical (unpaired) electrons. The van der Waals surface area contributed by atoms with Gasteiger partial charge in [-0.05, 0) is 27.0 Å². The Kier molecular flexibility index (Phi) is 3.78. The molecule has 1 aromatic carbocycles. The van der Waals surface area contributed by atoms with Gasteiger partial charge in [0.1, 0.15) is 11.3 Å². The van der Waals surface area contributed by atoms with Crippen LogP contribution in [0.25, 0.3) is 11.0 Å². The monoisotopic (exact) mass is 287 g/mol. The number of likely N-dealkylation sites (N-methyl/N-ethyl adjacent to an activating group) is 1. The van der Waals surface area contributed by atoms with Gasteiger partial charge >= 0.3 is 0 Å². The Morgan fingerprint density at radius 2 is 2.00 bits per heavy atom. The number of rotatable bonds is 3. The first-order chi connectivity index (χ1) is 10.0. The van der Waals surface area contributed by atoms with E-state index in [1.54, 1.807) is 0 Å². The van der Waals surface area contributed by atoms with Crippen LogP contribution in [0.2, 0.25) is 0 Å². The first-order valence-electron chi connectivity index (χ1n) is 7.64. The van der Waals surface area contributed by atoms with E-state index in [4.69, 9.17) is 10.2 Å². The van der Waals surface area contributed by atoms with Crippen molar-refractivity contribution in [3.8, 4) is 0 Å². The lowest BCUT2D eigenvalue weighted by molar-refractivity contribution is 0.0329. The molecule has 21 heavy (non-hydrogen) atoms. The van der Waals surface area contributed by atoms with Crippen LogP contribution in [-0.2, 0) is 13.1 Å². The van der Waals surface area contributed by atoms with Crippen LogP contribution >= 0.6 is 0 Å². The molecule has 4 heteroatoms. The maximum atomic E-state index is 6.05. The molecule has 0 saturated carbocycles. The second kappa shape index (κ2) is 5.44. The zero-order valence-electron chi connectivity index (χ0n) is 13.2. The van der Waals surface area contributed by atoms with Gasteiger partial charge in [-0.15, -0.1) is 0 Å². The van der Waals surface area contributed by atoms with Crippen molar-refractivity contribution in [3.63, 3.8) is 0 Å². The van der Waals surface area contributed by atoms with Crippen LogP contribution in [-0.4, -0.2) is 42.0 Å². The lowest BCUT2D eigenvalue weighted by atomic mass is 9.99. The Morgan fingerprint density at radius 3 is 2.71 bits per heavy atom. The van der Waals surface area contributed by atoms with Gasteiger partial charge in [0.25, 0.3) is 0 Å². The van der Waals surface area contributed by atoms with Crippen molar-refractivity contribution in [2.75, 3.05) is 26.7 Å². The molecule has 0 atom stereocenters. The van der Waals surface area contributed by atoms with Crippen molar-refractivity contribution >= 4 is 11.0 Å². The van der Waals surface area contributed by atoms with E-state index < -0.39 is 0 Å². The fraction of sp³-hybridized carbons (Fsp3) is 0.529. The highest BCUT2D eigenvalue weighted by Crippen LogP contribution is 2.28. The zero-order valence-corrected chi connectivity index (χ0v) is 13.2. The second-order valence-corrected chi connectivity index (χ2v) is 6.65. The van der Waals surface area contributed by atoms with Gasteiger partial charge in [0, 0.05) is 42.7 Å². The first kappa shape index (κ1) is 14.6. The number of nitrogens with zero attached hydrogens (tertiary/aromatic N) is 2. The smallest absolute Gasteiger partial charge is 0.134 e. The van der Waals surface area contributed by atoms with Gasteiger partial charge in [-0.3, -0.25) is 9.80 Å². The summed E-state index contributed by atoms with van der Waals surface area (Å²) in [4.78, 5) is 4.89. The van der Waals surface area contributed by atoms with E-state index >= 15 is 0 Å². The van der Waals surface area contributed by atoms with Crippen LogP contribution in [0.1, 0.15) is 25.2 Å². The van der Waals surface area contributed by atoms with Crippen LogP contribution < -0.4 is 5.73 Å². The number of nitrogens with two attached hydrogens (primary N) is 1. The average Bonchev–Trinajstić information content (AvgIpc) is 2.79. The van der Waals surface area contributed by atoms with Crippen molar-refractivity contribution in [1.29, 1.82) is 0 Å². The van der Waals surface area contributed by atoms with Gasteiger partial charge in [-0.25, -0.2) is 0 Å². The molecule has 0 spiro atoms. The molecule has 0 aliphatic carbocycles. The highest BCUT2D eigenvalue weighted by Gasteiger charge is 2.31. The molecule has 0 bridgehead atoms. The SMILES string of the molecule is CN1CCN(Cc2oc3ccccc3c2CN)CC1(C)C. The average molecular weight is 287 g/mol. The molecule has 1 aromatic heterocycles.